The van der Waals surface area contributed by atoms with Crippen LogP contribution in [0.4, 0.5) is 0 Å². The van der Waals surface area contributed by atoms with E-state index >= 15 is 0 Å². The van der Waals surface area contributed by atoms with Crippen molar-refractivity contribution in [2.45, 2.75) is 71.8 Å². The van der Waals surface area contributed by atoms with E-state index in [1.807, 2.05) is 36.9 Å². The number of amides is 2. The number of hydrogen-bond acceptors (Lipinski definition) is 3. The second kappa shape index (κ2) is 11.0. The summed E-state index contributed by atoms with van der Waals surface area (Å²) in [6, 6.07) is 6.28. The largest absolute Gasteiger partial charge is 0.493 e. The number of carbonyl (C=O) groups is 2. The molecule has 1 aliphatic heterocycles. The minimum Gasteiger partial charge on any atom is -0.493 e. The molecule has 0 atom stereocenters. The molecule has 1 fully saturated rings. The Morgan fingerprint density at radius 3 is 2.41 bits per heavy atom. The van der Waals surface area contributed by atoms with Gasteiger partial charge in [-0.2, -0.15) is 0 Å². The van der Waals surface area contributed by atoms with Crippen molar-refractivity contribution < 1.29 is 14.3 Å². The molecule has 5 heteroatoms. The second-order valence-corrected chi connectivity index (χ2v) is 7.50. The Morgan fingerprint density at radius 1 is 1.11 bits per heavy atom. The molecule has 0 unspecified atom stereocenters. The molecular formula is C22H34N2O3. The first-order valence-electron chi connectivity index (χ1n) is 10.3. The molecule has 0 bridgehead atoms. The van der Waals surface area contributed by atoms with Crippen molar-refractivity contribution in [3.8, 4) is 5.75 Å². The number of likely N-dealkylation sites (tertiary alicyclic amines) is 1. The highest BCUT2D eigenvalue weighted by Gasteiger charge is 2.23. The summed E-state index contributed by atoms with van der Waals surface area (Å²) in [4.78, 5) is 26.2. The van der Waals surface area contributed by atoms with Gasteiger partial charge < -0.3 is 15.0 Å². The van der Waals surface area contributed by atoms with Crippen molar-refractivity contribution in [2.24, 2.45) is 0 Å². The highest BCUT2D eigenvalue weighted by Crippen LogP contribution is 2.22. The topological polar surface area (TPSA) is 58.6 Å². The number of nitrogens with one attached hydrogen (secondary N) is 1. The molecule has 0 radical (unpaired) electrons. The van der Waals surface area contributed by atoms with Crippen molar-refractivity contribution in [2.75, 3.05) is 19.7 Å². The highest BCUT2D eigenvalue weighted by molar-refractivity contribution is 5.77. The molecule has 2 amide bonds. The van der Waals surface area contributed by atoms with E-state index in [4.69, 9.17) is 4.74 Å². The van der Waals surface area contributed by atoms with Gasteiger partial charge in [-0.3, -0.25) is 9.59 Å². The molecule has 1 aliphatic rings. The number of nitrogens with zero attached hydrogens (tertiary/aromatic N) is 1. The smallest absolute Gasteiger partial charge is 0.222 e. The SMILES string of the molecule is CCCCC(=O)N1CCC(NC(=O)CCCOc2c(C)cccc2C)CC1. The number of benzene rings is 1. The van der Waals surface area contributed by atoms with Gasteiger partial charge in [-0.05, 0) is 50.7 Å². The van der Waals surface area contributed by atoms with Crippen LogP contribution in [0.3, 0.4) is 0 Å². The Kier molecular flexibility index (Phi) is 8.62. The van der Waals surface area contributed by atoms with E-state index in [-0.39, 0.29) is 17.9 Å². The maximum Gasteiger partial charge on any atom is 0.222 e. The van der Waals surface area contributed by atoms with Crippen LogP contribution in [0, 0.1) is 13.8 Å². The number of carbonyl (C=O) groups excluding carboxylic acids is 2. The quantitative estimate of drug-likeness (QED) is 0.670. The van der Waals surface area contributed by atoms with E-state index < -0.39 is 0 Å². The zero-order valence-electron chi connectivity index (χ0n) is 17.1. The molecule has 27 heavy (non-hydrogen) atoms. The minimum absolute atomic E-state index is 0.0795. The third-order valence-corrected chi connectivity index (χ3v) is 5.16. The number of aryl methyl sites for hydroxylation is 2. The molecule has 150 valence electrons. The molecule has 1 aromatic rings. The van der Waals surface area contributed by atoms with Crippen molar-refractivity contribution in [1.29, 1.82) is 0 Å². The normalized spacial score (nSPS) is 14.9. The number of piperidine rings is 1. The van der Waals surface area contributed by atoms with Gasteiger partial charge in [0.25, 0.3) is 0 Å². The van der Waals surface area contributed by atoms with Crippen LogP contribution in [0.15, 0.2) is 18.2 Å². The summed E-state index contributed by atoms with van der Waals surface area (Å²) in [7, 11) is 0. The van der Waals surface area contributed by atoms with Gasteiger partial charge in [-0.25, -0.2) is 0 Å². The second-order valence-electron chi connectivity index (χ2n) is 7.50. The van der Waals surface area contributed by atoms with Crippen LogP contribution >= 0.6 is 0 Å². The van der Waals surface area contributed by atoms with E-state index in [0.717, 1.165) is 55.6 Å². The Morgan fingerprint density at radius 2 is 1.78 bits per heavy atom. The summed E-state index contributed by atoms with van der Waals surface area (Å²) in [6.45, 7) is 8.22. The highest BCUT2D eigenvalue weighted by atomic mass is 16.5. The Bertz CT molecular complexity index is 602. The first kappa shape index (κ1) is 21.3. The molecule has 0 saturated carbocycles. The van der Waals surface area contributed by atoms with Crippen LogP contribution in [0.2, 0.25) is 0 Å². The van der Waals surface area contributed by atoms with Crippen molar-refractivity contribution in [3.05, 3.63) is 29.3 Å². The molecule has 1 N–H and O–H groups in total. The minimum atomic E-state index is 0.0795. The fourth-order valence-corrected chi connectivity index (χ4v) is 3.49. The fourth-order valence-electron chi connectivity index (χ4n) is 3.49. The summed E-state index contributed by atoms with van der Waals surface area (Å²) in [5, 5.41) is 3.11. The molecular weight excluding hydrogens is 340 g/mol. The summed E-state index contributed by atoms with van der Waals surface area (Å²) in [5.41, 5.74) is 2.25. The lowest BCUT2D eigenvalue weighted by atomic mass is 10.0. The fraction of sp³-hybridized carbons (Fsp3) is 0.636. The standard InChI is InChI=1S/C22H34N2O3/c1-4-5-11-21(26)24-14-12-19(13-15-24)23-20(25)10-7-16-27-22-17(2)8-6-9-18(22)3/h6,8-9,19H,4-5,7,10-16H2,1-3H3,(H,23,25). The van der Waals surface area contributed by atoms with Crippen molar-refractivity contribution >= 4 is 11.8 Å². The lowest BCUT2D eigenvalue weighted by Gasteiger charge is -2.32. The van der Waals surface area contributed by atoms with E-state index in [1.54, 1.807) is 0 Å². The van der Waals surface area contributed by atoms with Gasteiger partial charge in [0.15, 0.2) is 0 Å². The van der Waals surface area contributed by atoms with Gasteiger partial charge in [0.2, 0.25) is 11.8 Å². The number of ether oxygens (including phenoxy) is 1. The lowest BCUT2D eigenvalue weighted by Crippen LogP contribution is -2.46. The maximum atomic E-state index is 12.2. The summed E-state index contributed by atoms with van der Waals surface area (Å²) in [6.07, 6.45) is 5.53. The Hall–Kier alpha value is -2.04. The molecule has 1 heterocycles. The van der Waals surface area contributed by atoms with Gasteiger partial charge in [0.05, 0.1) is 6.61 Å². The van der Waals surface area contributed by atoms with E-state index in [0.29, 0.717) is 25.9 Å². The third kappa shape index (κ3) is 6.89. The van der Waals surface area contributed by atoms with Crippen LogP contribution in [0.1, 0.15) is 63.0 Å². The first-order chi connectivity index (χ1) is 13.0. The maximum absolute atomic E-state index is 12.2. The molecule has 5 nitrogen and oxygen atoms in total. The van der Waals surface area contributed by atoms with Gasteiger partial charge in [0, 0.05) is 32.0 Å². The average molecular weight is 375 g/mol. The third-order valence-electron chi connectivity index (χ3n) is 5.16. The van der Waals surface area contributed by atoms with E-state index in [2.05, 4.69) is 12.2 Å². The van der Waals surface area contributed by atoms with Crippen LogP contribution in [-0.4, -0.2) is 42.5 Å². The molecule has 1 aromatic carbocycles. The first-order valence-corrected chi connectivity index (χ1v) is 10.3. The monoisotopic (exact) mass is 374 g/mol. The predicted octanol–water partition coefficient (Wildman–Crippen LogP) is 3.76. The zero-order valence-corrected chi connectivity index (χ0v) is 17.1. The Labute approximate surface area is 163 Å². The Balaban J connectivity index is 1.62. The molecule has 0 aromatic heterocycles. The molecule has 0 spiro atoms. The van der Waals surface area contributed by atoms with Crippen LogP contribution in [0.5, 0.6) is 5.75 Å². The molecule has 2 rings (SSSR count). The van der Waals surface area contributed by atoms with Crippen LogP contribution in [-0.2, 0) is 9.59 Å². The number of rotatable bonds is 9. The van der Waals surface area contributed by atoms with Crippen molar-refractivity contribution in [1.82, 2.24) is 10.2 Å². The van der Waals surface area contributed by atoms with Gasteiger partial charge in [-0.15, -0.1) is 0 Å². The van der Waals surface area contributed by atoms with Crippen LogP contribution in [0.25, 0.3) is 0 Å². The lowest BCUT2D eigenvalue weighted by molar-refractivity contribution is -0.132. The van der Waals surface area contributed by atoms with Crippen molar-refractivity contribution in [3.63, 3.8) is 0 Å². The molecule has 0 aliphatic carbocycles. The zero-order chi connectivity index (χ0) is 19.6. The number of hydrogen-bond donors (Lipinski definition) is 1. The number of unbranched alkanes of at least 4 members (excludes halogenated alkanes) is 1. The summed E-state index contributed by atoms with van der Waals surface area (Å²) >= 11 is 0. The van der Waals surface area contributed by atoms with Gasteiger partial charge >= 0.3 is 0 Å². The summed E-state index contributed by atoms with van der Waals surface area (Å²) < 4.78 is 5.86. The predicted molar refractivity (Wildman–Crippen MR) is 108 cm³/mol. The van der Waals surface area contributed by atoms with Crippen LogP contribution < -0.4 is 10.1 Å². The van der Waals surface area contributed by atoms with E-state index in [9.17, 15) is 9.59 Å². The van der Waals surface area contributed by atoms with Gasteiger partial charge in [0.1, 0.15) is 5.75 Å². The summed E-state index contributed by atoms with van der Waals surface area (Å²) in [5.74, 6) is 1.26. The molecule has 1 saturated heterocycles. The van der Waals surface area contributed by atoms with E-state index in [1.165, 1.54) is 0 Å². The number of para-hydroxylation sites is 1. The average Bonchev–Trinajstić information content (AvgIpc) is 2.65. The van der Waals surface area contributed by atoms with Gasteiger partial charge in [-0.1, -0.05) is 31.5 Å².